The highest BCUT2D eigenvalue weighted by molar-refractivity contribution is 5.73. The van der Waals surface area contributed by atoms with E-state index < -0.39 is 6.29 Å². The van der Waals surface area contributed by atoms with Gasteiger partial charge in [-0.05, 0) is 17.7 Å². The molecule has 0 bridgehead atoms. The number of benzene rings is 1. The third-order valence-corrected chi connectivity index (χ3v) is 2.60. The second-order valence-corrected chi connectivity index (χ2v) is 3.93. The zero-order chi connectivity index (χ0) is 13.5. The van der Waals surface area contributed by atoms with Crippen molar-refractivity contribution in [1.29, 1.82) is 0 Å². The average Bonchev–Trinajstić information content (AvgIpc) is 2.34. The van der Waals surface area contributed by atoms with Crippen LogP contribution in [-0.2, 0) is 20.8 Å². The first-order valence-electron chi connectivity index (χ1n) is 5.62. The molecule has 1 aromatic carbocycles. The number of hydrogen-bond acceptors (Lipinski definition) is 3. The summed E-state index contributed by atoms with van der Waals surface area (Å²) in [7, 11) is 3.02. The van der Waals surface area contributed by atoms with Crippen LogP contribution in [0.3, 0.4) is 0 Å². The predicted octanol–water partition coefficient (Wildman–Crippen LogP) is 1.79. The lowest BCUT2D eigenvalue weighted by Crippen LogP contribution is -2.37. The summed E-state index contributed by atoms with van der Waals surface area (Å²) in [4.78, 5) is 13.1. The molecule has 0 saturated carbocycles. The van der Waals surface area contributed by atoms with Crippen LogP contribution in [0.15, 0.2) is 24.3 Å². The molecule has 0 N–H and O–H groups in total. The van der Waals surface area contributed by atoms with Crippen molar-refractivity contribution in [1.82, 2.24) is 4.90 Å². The Kier molecular flexibility index (Phi) is 5.74. The Morgan fingerprint density at radius 2 is 2.06 bits per heavy atom. The summed E-state index contributed by atoms with van der Waals surface area (Å²) in [6, 6.07) is 6.17. The second-order valence-electron chi connectivity index (χ2n) is 3.93. The van der Waals surface area contributed by atoms with Crippen molar-refractivity contribution in [2.75, 3.05) is 20.8 Å². The van der Waals surface area contributed by atoms with E-state index in [9.17, 15) is 9.18 Å². The first-order valence-corrected chi connectivity index (χ1v) is 5.62. The summed E-state index contributed by atoms with van der Waals surface area (Å²) >= 11 is 0. The van der Waals surface area contributed by atoms with Gasteiger partial charge in [0.15, 0.2) is 6.29 Å². The molecule has 0 aliphatic carbocycles. The molecule has 4 nitrogen and oxygen atoms in total. The van der Waals surface area contributed by atoms with E-state index in [1.807, 2.05) is 0 Å². The lowest BCUT2D eigenvalue weighted by molar-refractivity contribution is -0.144. The Balaban J connectivity index is 2.71. The van der Waals surface area contributed by atoms with E-state index in [0.717, 1.165) is 5.56 Å². The van der Waals surface area contributed by atoms with E-state index in [1.165, 1.54) is 33.3 Å². The highest BCUT2D eigenvalue weighted by atomic mass is 19.1. The van der Waals surface area contributed by atoms with Gasteiger partial charge in [-0.15, -0.1) is 0 Å². The maximum Gasteiger partial charge on any atom is 0.219 e. The maximum atomic E-state index is 13.1. The number of carbonyl (C=O) groups excluding carboxylic acids is 1. The summed E-state index contributed by atoms with van der Waals surface area (Å²) < 4.78 is 23.2. The summed E-state index contributed by atoms with van der Waals surface area (Å²) in [6.45, 7) is 2.09. The molecule has 0 aliphatic rings. The van der Waals surface area contributed by atoms with Crippen molar-refractivity contribution in [3.8, 4) is 0 Å². The number of halogens is 1. The lowest BCUT2D eigenvalue weighted by atomic mass is 10.2. The topological polar surface area (TPSA) is 38.8 Å². The SMILES string of the molecule is COC(CN(Cc1cccc(F)c1)C(C)=O)OC. The van der Waals surface area contributed by atoms with Crippen LogP contribution in [0, 0.1) is 5.82 Å². The van der Waals surface area contributed by atoms with Gasteiger partial charge in [0.2, 0.25) is 5.91 Å². The minimum absolute atomic E-state index is 0.113. The van der Waals surface area contributed by atoms with Crippen LogP contribution in [0.4, 0.5) is 4.39 Å². The van der Waals surface area contributed by atoms with Crippen molar-refractivity contribution in [2.45, 2.75) is 19.8 Å². The van der Waals surface area contributed by atoms with E-state index in [0.29, 0.717) is 13.1 Å². The first kappa shape index (κ1) is 14.6. The van der Waals surface area contributed by atoms with Crippen molar-refractivity contribution < 1.29 is 18.7 Å². The van der Waals surface area contributed by atoms with Gasteiger partial charge in [-0.2, -0.15) is 0 Å². The smallest absolute Gasteiger partial charge is 0.219 e. The van der Waals surface area contributed by atoms with Crippen LogP contribution in [0.2, 0.25) is 0 Å². The molecule has 0 unspecified atom stereocenters. The molecule has 0 saturated heterocycles. The fourth-order valence-electron chi connectivity index (χ4n) is 1.59. The van der Waals surface area contributed by atoms with Gasteiger partial charge in [0.05, 0.1) is 6.54 Å². The Hall–Kier alpha value is -1.46. The Bertz CT molecular complexity index is 394. The zero-order valence-electron chi connectivity index (χ0n) is 10.9. The van der Waals surface area contributed by atoms with Crippen LogP contribution in [-0.4, -0.2) is 37.9 Å². The minimum atomic E-state index is -0.484. The van der Waals surface area contributed by atoms with Gasteiger partial charge in [0.1, 0.15) is 5.82 Å². The van der Waals surface area contributed by atoms with Crippen molar-refractivity contribution in [3.05, 3.63) is 35.6 Å². The van der Waals surface area contributed by atoms with Gasteiger partial charge < -0.3 is 14.4 Å². The number of methoxy groups -OCH3 is 2. The van der Waals surface area contributed by atoms with Crippen molar-refractivity contribution >= 4 is 5.91 Å². The molecule has 0 fully saturated rings. The number of rotatable bonds is 6. The number of hydrogen-bond donors (Lipinski definition) is 0. The summed E-state index contributed by atoms with van der Waals surface area (Å²) in [5, 5.41) is 0. The third kappa shape index (κ3) is 4.43. The molecule has 18 heavy (non-hydrogen) atoms. The molecule has 0 aliphatic heterocycles. The largest absolute Gasteiger partial charge is 0.354 e. The highest BCUT2D eigenvalue weighted by Gasteiger charge is 2.15. The predicted molar refractivity (Wildman–Crippen MR) is 65.3 cm³/mol. The van der Waals surface area contributed by atoms with Crippen LogP contribution < -0.4 is 0 Å². The van der Waals surface area contributed by atoms with E-state index in [2.05, 4.69) is 0 Å². The fourth-order valence-corrected chi connectivity index (χ4v) is 1.59. The second kappa shape index (κ2) is 7.08. The van der Waals surface area contributed by atoms with Gasteiger partial charge in [-0.25, -0.2) is 4.39 Å². The molecule has 1 aromatic rings. The van der Waals surface area contributed by atoms with Gasteiger partial charge in [0, 0.05) is 27.7 Å². The molecule has 0 atom stereocenters. The van der Waals surface area contributed by atoms with E-state index in [-0.39, 0.29) is 11.7 Å². The number of amides is 1. The summed E-state index contributed by atoms with van der Waals surface area (Å²) in [5.41, 5.74) is 0.733. The molecular formula is C13H18FNO3. The Labute approximate surface area is 106 Å². The number of nitrogens with zero attached hydrogens (tertiary/aromatic N) is 1. The van der Waals surface area contributed by atoms with Crippen LogP contribution in [0.25, 0.3) is 0 Å². The van der Waals surface area contributed by atoms with Crippen LogP contribution in [0.1, 0.15) is 12.5 Å². The number of carbonyl (C=O) groups is 1. The van der Waals surface area contributed by atoms with Gasteiger partial charge in [-0.3, -0.25) is 4.79 Å². The molecule has 5 heteroatoms. The zero-order valence-corrected chi connectivity index (χ0v) is 10.9. The molecule has 0 aromatic heterocycles. The standard InChI is InChI=1S/C13H18FNO3/c1-10(16)15(9-13(17-2)18-3)8-11-5-4-6-12(14)7-11/h4-7,13H,8-9H2,1-3H3. The van der Waals surface area contributed by atoms with Crippen LogP contribution in [0.5, 0.6) is 0 Å². The Morgan fingerprint density at radius 3 is 2.56 bits per heavy atom. The van der Waals surface area contributed by atoms with E-state index >= 15 is 0 Å². The van der Waals surface area contributed by atoms with Gasteiger partial charge >= 0.3 is 0 Å². The van der Waals surface area contributed by atoms with Gasteiger partial charge in [0.25, 0.3) is 0 Å². The highest BCUT2D eigenvalue weighted by Crippen LogP contribution is 2.09. The van der Waals surface area contributed by atoms with E-state index in [1.54, 1.807) is 17.0 Å². The van der Waals surface area contributed by atoms with Crippen molar-refractivity contribution in [3.63, 3.8) is 0 Å². The van der Waals surface area contributed by atoms with Gasteiger partial charge in [-0.1, -0.05) is 12.1 Å². The average molecular weight is 255 g/mol. The summed E-state index contributed by atoms with van der Waals surface area (Å²) in [5.74, 6) is -0.426. The van der Waals surface area contributed by atoms with E-state index in [4.69, 9.17) is 9.47 Å². The first-order chi connectivity index (χ1) is 8.56. The molecule has 100 valence electrons. The molecule has 0 radical (unpaired) electrons. The molecule has 1 amide bonds. The summed E-state index contributed by atoms with van der Waals surface area (Å²) in [6.07, 6.45) is -0.484. The minimum Gasteiger partial charge on any atom is -0.354 e. The van der Waals surface area contributed by atoms with Crippen molar-refractivity contribution in [2.24, 2.45) is 0 Å². The molecule has 0 spiro atoms. The maximum absolute atomic E-state index is 13.1. The normalized spacial score (nSPS) is 10.7. The van der Waals surface area contributed by atoms with Crippen LogP contribution >= 0.6 is 0 Å². The molecule has 1 rings (SSSR count). The third-order valence-electron chi connectivity index (χ3n) is 2.60. The quantitative estimate of drug-likeness (QED) is 0.727. The monoisotopic (exact) mass is 255 g/mol. The lowest BCUT2D eigenvalue weighted by Gasteiger charge is -2.25. The molecular weight excluding hydrogens is 237 g/mol. The molecule has 0 heterocycles. The fraction of sp³-hybridized carbons (Fsp3) is 0.462. The number of ether oxygens (including phenoxy) is 2. The Morgan fingerprint density at radius 1 is 1.39 bits per heavy atom.